The maximum Gasteiger partial charge on any atom is 0.216 e. The van der Waals surface area contributed by atoms with Gasteiger partial charge in [-0.2, -0.15) is 0 Å². The van der Waals surface area contributed by atoms with Crippen LogP contribution in [0.4, 0.5) is 5.69 Å². The highest BCUT2D eigenvalue weighted by atomic mass is 32.2. The molecule has 8 nitrogen and oxygen atoms in total. The van der Waals surface area contributed by atoms with Crippen LogP contribution < -0.4 is 24.8 Å². The minimum Gasteiger partial charge on any atom is -0.493 e. The topological polar surface area (TPSA) is 101 Å². The van der Waals surface area contributed by atoms with Gasteiger partial charge in [0.05, 0.1) is 19.5 Å². The van der Waals surface area contributed by atoms with Gasteiger partial charge in [-0.25, -0.2) is 13.1 Å². The second-order valence-electron chi connectivity index (χ2n) is 7.15. The van der Waals surface area contributed by atoms with Gasteiger partial charge in [0.2, 0.25) is 10.0 Å². The van der Waals surface area contributed by atoms with E-state index in [0.29, 0.717) is 30.6 Å². The highest BCUT2D eigenvalue weighted by Gasteiger charge is 2.15. The van der Waals surface area contributed by atoms with Crippen LogP contribution in [0, 0.1) is 0 Å². The van der Waals surface area contributed by atoms with Crippen LogP contribution in [0.25, 0.3) is 0 Å². The largest absolute Gasteiger partial charge is 0.493 e. The molecule has 0 aromatic heterocycles. The Morgan fingerprint density at radius 1 is 1.10 bits per heavy atom. The van der Waals surface area contributed by atoms with Gasteiger partial charge in [-0.3, -0.25) is 4.99 Å². The van der Waals surface area contributed by atoms with Crippen molar-refractivity contribution < 1.29 is 17.9 Å². The van der Waals surface area contributed by atoms with E-state index in [1.54, 1.807) is 28.0 Å². The van der Waals surface area contributed by atoms with Crippen molar-refractivity contribution in [3.8, 4) is 11.5 Å². The molecule has 0 aliphatic carbocycles. The third-order valence-corrected chi connectivity index (χ3v) is 5.80. The molecule has 31 heavy (non-hydrogen) atoms. The Morgan fingerprint density at radius 2 is 1.81 bits per heavy atom. The molecular weight excluding hydrogens is 416 g/mol. The van der Waals surface area contributed by atoms with Gasteiger partial charge >= 0.3 is 0 Å². The normalized spacial score (nSPS) is 12.0. The Bertz CT molecular complexity index is 991. The van der Waals surface area contributed by atoms with Crippen molar-refractivity contribution in [1.82, 2.24) is 10.0 Å². The smallest absolute Gasteiger partial charge is 0.216 e. The predicted molar refractivity (Wildman–Crippen MR) is 125 cm³/mol. The van der Waals surface area contributed by atoms with E-state index < -0.39 is 10.0 Å². The number of methoxy groups -OCH3 is 1. The van der Waals surface area contributed by atoms with E-state index in [2.05, 4.69) is 20.3 Å². The van der Waals surface area contributed by atoms with Crippen molar-refractivity contribution in [3.63, 3.8) is 0 Å². The molecule has 0 atom stereocenters. The first-order valence-corrected chi connectivity index (χ1v) is 11.8. The van der Waals surface area contributed by atoms with Gasteiger partial charge in [-0.05, 0) is 44.0 Å². The third kappa shape index (κ3) is 7.76. The SMILES string of the molecule is CCOc1cc(NC(=NC)NCc2ccccc2CS(=O)(=O)NC(C)C)ccc1OC. The molecular formula is C22H32N4O4S. The molecule has 0 aliphatic heterocycles. The standard InChI is InChI=1S/C22H32N4O4S/c1-6-30-21-13-19(11-12-20(21)29-5)25-22(23-4)24-14-17-9-7-8-10-18(17)15-31(27,28)26-16(2)3/h7-13,16,26H,6,14-15H2,1-5H3,(H2,23,24,25). The van der Waals surface area contributed by atoms with E-state index >= 15 is 0 Å². The quantitative estimate of drug-likeness (QED) is 0.381. The number of ether oxygens (including phenoxy) is 2. The van der Waals surface area contributed by atoms with E-state index in [1.807, 2.05) is 49.4 Å². The van der Waals surface area contributed by atoms with Crippen LogP contribution in [-0.4, -0.2) is 41.2 Å². The summed E-state index contributed by atoms with van der Waals surface area (Å²) in [6.07, 6.45) is 0. The summed E-state index contributed by atoms with van der Waals surface area (Å²) in [7, 11) is -0.147. The number of guanidine groups is 1. The lowest BCUT2D eigenvalue weighted by Gasteiger charge is -2.16. The number of rotatable bonds is 10. The number of sulfonamides is 1. The minimum atomic E-state index is -3.42. The first kappa shape index (κ1) is 24.5. The van der Waals surface area contributed by atoms with Gasteiger partial charge in [0.1, 0.15) is 0 Å². The average Bonchev–Trinajstić information content (AvgIpc) is 2.71. The van der Waals surface area contributed by atoms with Crippen molar-refractivity contribution in [2.45, 2.75) is 39.1 Å². The molecule has 0 saturated heterocycles. The lowest BCUT2D eigenvalue weighted by atomic mass is 10.1. The zero-order chi connectivity index (χ0) is 22.9. The van der Waals surface area contributed by atoms with Crippen molar-refractivity contribution in [2.24, 2.45) is 4.99 Å². The molecule has 0 aliphatic rings. The van der Waals surface area contributed by atoms with E-state index in [4.69, 9.17) is 9.47 Å². The molecule has 9 heteroatoms. The van der Waals surface area contributed by atoms with Gasteiger partial charge in [-0.15, -0.1) is 0 Å². The maximum absolute atomic E-state index is 12.3. The minimum absolute atomic E-state index is 0.0781. The molecule has 2 aromatic rings. The first-order chi connectivity index (χ1) is 14.8. The summed E-state index contributed by atoms with van der Waals surface area (Å²) in [5.74, 6) is 1.76. The molecule has 0 spiro atoms. The summed E-state index contributed by atoms with van der Waals surface area (Å²) in [5.41, 5.74) is 2.40. The molecule has 0 heterocycles. The number of nitrogens with one attached hydrogen (secondary N) is 3. The molecule has 2 rings (SSSR count). The zero-order valence-electron chi connectivity index (χ0n) is 18.7. The van der Waals surface area contributed by atoms with Crippen LogP contribution in [0.3, 0.4) is 0 Å². The molecule has 0 unspecified atom stereocenters. The van der Waals surface area contributed by atoms with Crippen molar-refractivity contribution in [1.29, 1.82) is 0 Å². The highest BCUT2D eigenvalue weighted by Crippen LogP contribution is 2.30. The second-order valence-corrected chi connectivity index (χ2v) is 8.90. The van der Waals surface area contributed by atoms with Crippen LogP contribution >= 0.6 is 0 Å². The fourth-order valence-electron chi connectivity index (χ4n) is 2.99. The van der Waals surface area contributed by atoms with Crippen molar-refractivity contribution in [2.75, 3.05) is 26.1 Å². The van der Waals surface area contributed by atoms with E-state index in [1.165, 1.54) is 0 Å². The molecule has 0 radical (unpaired) electrons. The number of aliphatic imine (C=N–C) groups is 1. The first-order valence-electron chi connectivity index (χ1n) is 10.1. The summed E-state index contributed by atoms with van der Waals surface area (Å²) in [4.78, 5) is 4.25. The molecule has 3 N–H and O–H groups in total. The number of nitrogens with zero attached hydrogens (tertiary/aromatic N) is 1. The Hall–Kier alpha value is -2.78. The van der Waals surface area contributed by atoms with Gasteiger partial charge in [0.25, 0.3) is 0 Å². The number of hydrogen-bond acceptors (Lipinski definition) is 5. The number of benzene rings is 2. The monoisotopic (exact) mass is 448 g/mol. The van der Waals surface area contributed by atoms with E-state index in [0.717, 1.165) is 16.8 Å². The van der Waals surface area contributed by atoms with Crippen molar-refractivity contribution >= 4 is 21.7 Å². The Kier molecular flexibility index (Phi) is 9.14. The van der Waals surface area contributed by atoms with Crippen LogP contribution in [0.1, 0.15) is 31.9 Å². The Morgan fingerprint density at radius 3 is 2.42 bits per heavy atom. The van der Waals surface area contributed by atoms with Gasteiger partial charge in [0, 0.05) is 31.4 Å². The molecule has 170 valence electrons. The molecule has 2 aromatic carbocycles. The zero-order valence-corrected chi connectivity index (χ0v) is 19.5. The van der Waals surface area contributed by atoms with Crippen LogP contribution in [0.2, 0.25) is 0 Å². The summed E-state index contributed by atoms with van der Waals surface area (Å²) >= 11 is 0. The lowest BCUT2D eigenvalue weighted by molar-refractivity contribution is 0.311. The summed E-state index contributed by atoms with van der Waals surface area (Å²) in [6, 6.07) is 12.8. The predicted octanol–water partition coefficient (Wildman–Crippen LogP) is 3.11. The second kappa shape index (κ2) is 11.6. The van der Waals surface area contributed by atoms with Gasteiger partial charge < -0.3 is 20.1 Å². The van der Waals surface area contributed by atoms with E-state index in [9.17, 15) is 8.42 Å². The Labute approximate surface area is 185 Å². The van der Waals surface area contributed by atoms with Crippen LogP contribution in [0.15, 0.2) is 47.5 Å². The summed E-state index contributed by atoms with van der Waals surface area (Å²) in [6.45, 7) is 6.46. The van der Waals surface area contributed by atoms with Crippen LogP contribution in [-0.2, 0) is 22.3 Å². The third-order valence-electron chi connectivity index (χ3n) is 4.28. The van der Waals surface area contributed by atoms with E-state index in [-0.39, 0.29) is 11.8 Å². The van der Waals surface area contributed by atoms with Gasteiger partial charge in [0.15, 0.2) is 17.5 Å². The fourth-order valence-corrected chi connectivity index (χ4v) is 4.49. The number of anilines is 1. The van der Waals surface area contributed by atoms with Crippen LogP contribution in [0.5, 0.6) is 11.5 Å². The number of hydrogen-bond donors (Lipinski definition) is 3. The molecule has 0 amide bonds. The maximum atomic E-state index is 12.3. The summed E-state index contributed by atoms with van der Waals surface area (Å²) < 4.78 is 38.2. The van der Waals surface area contributed by atoms with Crippen molar-refractivity contribution in [3.05, 3.63) is 53.6 Å². The average molecular weight is 449 g/mol. The molecule has 0 saturated carbocycles. The Balaban J connectivity index is 2.09. The highest BCUT2D eigenvalue weighted by molar-refractivity contribution is 7.88. The fraction of sp³-hybridized carbons (Fsp3) is 0.409. The summed E-state index contributed by atoms with van der Waals surface area (Å²) in [5, 5.41) is 6.45. The lowest BCUT2D eigenvalue weighted by Crippen LogP contribution is -2.32. The molecule has 0 bridgehead atoms. The molecule has 0 fully saturated rings. The van der Waals surface area contributed by atoms with Gasteiger partial charge in [-0.1, -0.05) is 24.3 Å².